The van der Waals surface area contributed by atoms with Crippen molar-refractivity contribution in [3.05, 3.63) is 27.5 Å². The second kappa shape index (κ2) is 4.33. The molecule has 0 saturated carbocycles. The fourth-order valence-electron chi connectivity index (χ4n) is 0.931. The summed E-state index contributed by atoms with van der Waals surface area (Å²) in [5, 5.41) is 0. The maximum atomic E-state index is 12.3. The Bertz CT molecular complexity index is 317. The van der Waals surface area contributed by atoms with Crippen LogP contribution in [0.15, 0.2) is 10.7 Å². The van der Waals surface area contributed by atoms with Crippen LogP contribution in [-0.2, 0) is 5.88 Å². The highest BCUT2D eigenvalue weighted by atomic mass is 79.9. The van der Waals surface area contributed by atoms with E-state index in [1.807, 2.05) is 0 Å². The molecule has 0 aliphatic carbocycles. The zero-order valence-corrected chi connectivity index (χ0v) is 9.16. The third-order valence-electron chi connectivity index (χ3n) is 1.74. The minimum absolute atomic E-state index is 0.0913. The Labute approximate surface area is 88.2 Å². The lowest BCUT2D eigenvalue weighted by Gasteiger charge is -2.08. The second-order valence-electron chi connectivity index (χ2n) is 2.53. The second-order valence-corrected chi connectivity index (χ2v) is 3.59. The summed E-state index contributed by atoms with van der Waals surface area (Å²) in [5.74, 6) is 0.230. The summed E-state index contributed by atoms with van der Waals surface area (Å²) in [6.45, 7) is 1.71. The Morgan fingerprint density at radius 3 is 2.69 bits per heavy atom. The van der Waals surface area contributed by atoms with E-state index in [2.05, 4.69) is 20.9 Å². The smallest absolute Gasteiger partial charge is 0.259 e. The summed E-state index contributed by atoms with van der Waals surface area (Å²) in [6, 6.07) is 0. The van der Waals surface area contributed by atoms with Crippen LogP contribution in [0.4, 0.5) is 8.78 Å². The van der Waals surface area contributed by atoms with Gasteiger partial charge < -0.3 is 0 Å². The first-order valence-electron chi connectivity index (χ1n) is 3.56. The Kier molecular flexibility index (Phi) is 3.62. The maximum Gasteiger partial charge on any atom is 0.266 e. The van der Waals surface area contributed by atoms with E-state index in [9.17, 15) is 8.78 Å². The molecule has 0 atom stereocenters. The fourth-order valence-corrected chi connectivity index (χ4v) is 1.70. The van der Waals surface area contributed by atoms with Gasteiger partial charge in [0.15, 0.2) is 0 Å². The highest BCUT2D eigenvalue weighted by Gasteiger charge is 2.15. The van der Waals surface area contributed by atoms with Crippen molar-refractivity contribution in [1.29, 1.82) is 0 Å². The number of rotatable bonds is 2. The minimum Gasteiger partial charge on any atom is -0.259 e. The molecule has 13 heavy (non-hydrogen) atoms. The molecule has 72 valence electrons. The largest absolute Gasteiger partial charge is 0.266 e. The maximum absolute atomic E-state index is 12.3. The van der Waals surface area contributed by atoms with E-state index in [-0.39, 0.29) is 11.4 Å². The summed E-state index contributed by atoms with van der Waals surface area (Å²) >= 11 is 8.66. The van der Waals surface area contributed by atoms with Gasteiger partial charge >= 0.3 is 0 Å². The lowest BCUT2D eigenvalue weighted by atomic mass is 10.2. The number of halogens is 4. The van der Waals surface area contributed by atoms with Crippen LogP contribution in [0.2, 0.25) is 0 Å². The Balaban J connectivity index is 3.23. The molecule has 0 saturated heterocycles. The van der Waals surface area contributed by atoms with Crippen LogP contribution in [0.25, 0.3) is 0 Å². The van der Waals surface area contributed by atoms with Crippen molar-refractivity contribution in [2.75, 3.05) is 0 Å². The van der Waals surface area contributed by atoms with Crippen LogP contribution in [-0.4, -0.2) is 4.98 Å². The molecular formula is C8H7BrClF2N. The third kappa shape index (κ3) is 2.17. The van der Waals surface area contributed by atoms with Crippen molar-refractivity contribution >= 4 is 27.5 Å². The van der Waals surface area contributed by atoms with Crippen LogP contribution in [0.3, 0.4) is 0 Å². The van der Waals surface area contributed by atoms with Crippen molar-refractivity contribution in [1.82, 2.24) is 4.98 Å². The van der Waals surface area contributed by atoms with Crippen LogP contribution < -0.4 is 0 Å². The van der Waals surface area contributed by atoms with Crippen molar-refractivity contribution in [2.45, 2.75) is 19.2 Å². The first kappa shape index (κ1) is 10.9. The van der Waals surface area contributed by atoms with Gasteiger partial charge in [0.25, 0.3) is 6.43 Å². The number of nitrogens with zero attached hydrogens (tertiary/aromatic N) is 1. The highest BCUT2D eigenvalue weighted by molar-refractivity contribution is 9.10. The van der Waals surface area contributed by atoms with Gasteiger partial charge in [-0.3, -0.25) is 4.98 Å². The topological polar surface area (TPSA) is 12.9 Å². The predicted molar refractivity (Wildman–Crippen MR) is 51.2 cm³/mol. The van der Waals surface area contributed by atoms with Gasteiger partial charge in [0.1, 0.15) is 0 Å². The van der Waals surface area contributed by atoms with E-state index in [0.29, 0.717) is 15.7 Å². The molecule has 0 aliphatic heterocycles. The molecule has 5 heteroatoms. The molecule has 0 spiro atoms. The van der Waals surface area contributed by atoms with E-state index < -0.39 is 6.43 Å². The van der Waals surface area contributed by atoms with E-state index >= 15 is 0 Å². The van der Waals surface area contributed by atoms with Gasteiger partial charge in [-0.05, 0) is 28.4 Å². The molecule has 1 aromatic rings. The summed E-state index contributed by atoms with van der Waals surface area (Å²) in [5.41, 5.74) is 1.21. The van der Waals surface area contributed by atoms with E-state index in [0.717, 1.165) is 6.20 Å². The molecule has 1 heterocycles. The lowest BCUT2D eigenvalue weighted by molar-refractivity contribution is 0.150. The predicted octanol–water partition coefficient (Wildman–Crippen LogP) is 3.83. The molecule has 0 amide bonds. The lowest BCUT2D eigenvalue weighted by Crippen LogP contribution is -1.97. The zero-order chi connectivity index (χ0) is 10.0. The number of alkyl halides is 3. The van der Waals surface area contributed by atoms with Crippen LogP contribution in [0.5, 0.6) is 0 Å². The molecule has 0 aliphatic rings. The third-order valence-corrected chi connectivity index (χ3v) is 3.04. The molecular weight excluding hydrogens is 263 g/mol. The normalized spacial score (nSPS) is 10.9. The van der Waals surface area contributed by atoms with Gasteiger partial charge in [0.2, 0.25) is 0 Å². The summed E-state index contributed by atoms with van der Waals surface area (Å²) in [4.78, 5) is 3.84. The molecule has 0 fully saturated rings. The fraction of sp³-hybridized carbons (Fsp3) is 0.375. The van der Waals surface area contributed by atoms with Crippen molar-refractivity contribution in [3.8, 4) is 0 Å². The van der Waals surface area contributed by atoms with Gasteiger partial charge in [-0.1, -0.05) is 0 Å². The Morgan fingerprint density at radius 1 is 1.62 bits per heavy atom. The molecule has 1 nitrogen and oxygen atoms in total. The van der Waals surface area contributed by atoms with Gasteiger partial charge in [-0.25, -0.2) is 8.78 Å². The molecule has 0 N–H and O–H groups in total. The van der Waals surface area contributed by atoms with Gasteiger partial charge in [-0.2, -0.15) is 0 Å². The van der Waals surface area contributed by atoms with Crippen molar-refractivity contribution < 1.29 is 8.78 Å². The molecule has 0 unspecified atom stereocenters. The molecule has 0 aromatic carbocycles. The minimum atomic E-state index is -2.51. The molecule has 0 bridgehead atoms. The van der Waals surface area contributed by atoms with E-state index in [4.69, 9.17) is 11.6 Å². The van der Waals surface area contributed by atoms with Crippen LogP contribution in [0, 0.1) is 6.92 Å². The van der Waals surface area contributed by atoms with E-state index in [1.165, 1.54) is 0 Å². The Hall–Kier alpha value is -0.220. The van der Waals surface area contributed by atoms with Gasteiger partial charge in [-0.15, -0.1) is 11.6 Å². The standard InChI is InChI=1S/C8H7BrClF2N/c1-4-6(2-10)13-3-5(7(4)9)8(11)12/h3,8H,2H2,1H3. The van der Waals surface area contributed by atoms with Crippen LogP contribution >= 0.6 is 27.5 Å². The molecule has 0 radical (unpaired) electrons. The summed E-state index contributed by atoms with van der Waals surface area (Å²) in [7, 11) is 0. The number of hydrogen-bond acceptors (Lipinski definition) is 1. The van der Waals surface area contributed by atoms with Crippen LogP contribution in [0.1, 0.15) is 23.2 Å². The zero-order valence-electron chi connectivity index (χ0n) is 6.82. The molecule has 1 aromatic heterocycles. The molecule has 1 rings (SSSR count). The number of hydrogen-bond donors (Lipinski definition) is 0. The van der Waals surface area contributed by atoms with Gasteiger partial charge in [0, 0.05) is 10.7 Å². The van der Waals surface area contributed by atoms with E-state index in [1.54, 1.807) is 6.92 Å². The first-order chi connectivity index (χ1) is 6.07. The number of pyridine rings is 1. The monoisotopic (exact) mass is 269 g/mol. The van der Waals surface area contributed by atoms with Gasteiger partial charge in [0.05, 0.1) is 17.1 Å². The number of aromatic nitrogens is 1. The summed E-state index contributed by atoms with van der Waals surface area (Å²) in [6.07, 6.45) is -1.36. The highest BCUT2D eigenvalue weighted by Crippen LogP contribution is 2.30. The average Bonchev–Trinajstić information content (AvgIpc) is 2.09. The average molecular weight is 271 g/mol. The van der Waals surface area contributed by atoms with Crippen molar-refractivity contribution in [2.24, 2.45) is 0 Å². The first-order valence-corrected chi connectivity index (χ1v) is 4.88. The Morgan fingerprint density at radius 2 is 2.23 bits per heavy atom. The van der Waals surface area contributed by atoms with Crippen molar-refractivity contribution in [3.63, 3.8) is 0 Å². The quantitative estimate of drug-likeness (QED) is 0.744. The summed E-state index contributed by atoms with van der Waals surface area (Å²) < 4.78 is 25.1. The SMILES string of the molecule is Cc1c(CCl)ncc(C(F)F)c1Br.